The standard InChI is InChI=1S/C20H28ClN3O2/c1-4-11-24-19(26)17(14(2)3)22-20(24)9-12-23(13-10-20)18(25)15-7-5-6-8-16(15)21/h5-8,14,17,22H,4,9-13H2,1-3H3. The summed E-state index contributed by atoms with van der Waals surface area (Å²) in [5.41, 5.74) is 0.227. The number of nitrogens with zero attached hydrogens (tertiary/aromatic N) is 2. The molecule has 1 unspecified atom stereocenters. The lowest BCUT2D eigenvalue weighted by molar-refractivity contribution is -0.133. The fourth-order valence-corrected chi connectivity index (χ4v) is 4.32. The van der Waals surface area contributed by atoms with E-state index >= 15 is 0 Å². The molecule has 2 amide bonds. The summed E-state index contributed by atoms with van der Waals surface area (Å²) in [6.07, 6.45) is 2.43. The van der Waals surface area contributed by atoms with Gasteiger partial charge < -0.3 is 9.80 Å². The SMILES string of the molecule is CCCN1C(=O)C(C(C)C)NC12CCN(C(=O)c1ccccc1Cl)CC2. The molecule has 2 aliphatic heterocycles. The lowest BCUT2D eigenvalue weighted by atomic mass is 9.95. The van der Waals surface area contributed by atoms with Gasteiger partial charge in [-0.1, -0.05) is 44.5 Å². The van der Waals surface area contributed by atoms with Crippen LogP contribution >= 0.6 is 11.6 Å². The maximum atomic E-state index is 12.9. The van der Waals surface area contributed by atoms with Crippen LogP contribution in [0.1, 0.15) is 50.4 Å². The van der Waals surface area contributed by atoms with E-state index in [4.69, 9.17) is 11.6 Å². The van der Waals surface area contributed by atoms with Gasteiger partial charge in [-0.25, -0.2) is 0 Å². The highest BCUT2D eigenvalue weighted by atomic mass is 35.5. The molecule has 0 saturated carbocycles. The maximum absolute atomic E-state index is 12.9. The molecule has 26 heavy (non-hydrogen) atoms. The van der Waals surface area contributed by atoms with Gasteiger partial charge in [0.15, 0.2) is 0 Å². The van der Waals surface area contributed by atoms with Gasteiger partial charge in [0.25, 0.3) is 5.91 Å². The summed E-state index contributed by atoms with van der Waals surface area (Å²) in [5.74, 6) is 0.425. The molecular weight excluding hydrogens is 350 g/mol. The zero-order valence-electron chi connectivity index (χ0n) is 15.8. The highest BCUT2D eigenvalue weighted by Crippen LogP contribution is 2.35. The number of piperidine rings is 1. The van der Waals surface area contributed by atoms with Crippen LogP contribution in [0.3, 0.4) is 0 Å². The zero-order valence-corrected chi connectivity index (χ0v) is 16.6. The number of amides is 2. The first-order valence-corrected chi connectivity index (χ1v) is 9.90. The first-order valence-electron chi connectivity index (χ1n) is 9.52. The number of likely N-dealkylation sites (tertiary alicyclic amines) is 1. The largest absolute Gasteiger partial charge is 0.338 e. The van der Waals surface area contributed by atoms with Crippen molar-refractivity contribution in [3.8, 4) is 0 Å². The van der Waals surface area contributed by atoms with Gasteiger partial charge in [0.05, 0.1) is 22.3 Å². The highest BCUT2D eigenvalue weighted by molar-refractivity contribution is 6.33. The Balaban J connectivity index is 1.75. The quantitative estimate of drug-likeness (QED) is 0.877. The maximum Gasteiger partial charge on any atom is 0.255 e. The van der Waals surface area contributed by atoms with Crippen molar-refractivity contribution in [2.24, 2.45) is 5.92 Å². The number of benzene rings is 1. The molecule has 1 aromatic carbocycles. The van der Waals surface area contributed by atoms with Crippen molar-refractivity contribution in [2.45, 2.75) is 51.7 Å². The van der Waals surface area contributed by atoms with Crippen molar-refractivity contribution >= 4 is 23.4 Å². The molecule has 2 heterocycles. The van der Waals surface area contributed by atoms with E-state index < -0.39 is 0 Å². The highest BCUT2D eigenvalue weighted by Gasteiger charge is 2.52. The molecule has 2 saturated heterocycles. The van der Waals surface area contributed by atoms with E-state index in [9.17, 15) is 9.59 Å². The van der Waals surface area contributed by atoms with Gasteiger partial charge in [-0.05, 0) is 24.5 Å². The Morgan fingerprint density at radius 2 is 1.96 bits per heavy atom. The molecule has 1 spiro atoms. The van der Waals surface area contributed by atoms with E-state index in [1.165, 1.54) is 0 Å². The Morgan fingerprint density at radius 3 is 2.54 bits per heavy atom. The summed E-state index contributed by atoms with van der Waals surface area (Å²) in [5, 5.41) is 4.10. The molecular formula is C20H28ClN3O2. The summed E-state index contributed by atoms with van der Waals surface area (Å²) >= 11 is 6.18. The Kier molecular flexibility index (Phi) is 5.58. The number of carbonyl (C=O) groups is 2. The van der Waals surface area contributed by atoms with Crippen LogP contribution in [0.15, 0.2) is 24.3 Å². The summed E-state index contributed by atoms with van der Waals surface area (Å²) in [4.78, 5) is 29.5. The zero-order chi connectivity index (χ0) is 18.9. The molecule has 1 N–H and O–H groups in total. The average Bonchev–Trinajstić information content (AvgIpc) is 2.89. The van der Waals surface area contributed by atoms with Gasteiger partial charge in [0.1, 0.15) is 0 Å². The Morgan fingerprint density at radius 1 is 1.31 bits per heavy atom. The first-order chi connectivity index (χ1) is 12.4. The molecule has 0 aromatic heterocycles. The van der Waals surface area contributed by atoms with E-state index in [2.05, 4.69) is 26.1 Å². The molecule has 0 aliphatic carbocycles. The van der Waals surface area contributed by atoms with E-state index in [-0.39, 0.29) is 29.4 Å². The third-order valence-corrected chi connectivity index (χ3v) is 5.90. The average molecular weight is 378 g/mol. The van der Waals surface area contributed by atoms with Crippen LogP contribution in [0.25, 0.3) is 0 Å². The molecule has 1 atom stereocenters. The third-order valence-electron chi connectivity index (χ3n) is 5.57. The predicted octanol–water partition coefficient (Wildman–Crippen LogP) is 3.14. The van der Waals surface area contributed by atoms with Crippen LogP contribution < -0.4 is 5.32 Å². The third kappa shape index (κ3) is 3.35. The van der Waals surface area contributed by atoms with E-state index in [1.54, 1.807) is 12.1 Å². The van der Waals surface area contributed by atoms with Crippen molar-refractivity contribution in [1.82, 2.24) is 15.1 Å². The van der Waals surface area contributed by atoms with Crippen molar-refractivity contribution in [3.63, 3.8) is 0 Å². The second kappa shape index (κ2) is 7.57. The van der Waals surface area contributed by atoms with Gasteiger partial charge in [-0.15, -0.1) is 0 Å². The van der Waals surface area contributed by atoms with Crippen LogP contribution in [-0.2, 0) is 4.79 Å². The summed E-state index contributed by atoms with van der Waals surface area (Å²) in [6.45, 7) is 8.25. The fourth-order valence-electron chi connectivity index (χ4n) is 4.11. The summed E-state index contributed by atoms with van der Waals surface area (Å²) in [7, 11) is 0. The predicted molar refractivity (Wildman–Crippen MR) is 103 cm³/mol. The lowest BCUT2D eigenvalue weighted by Crippen LogP contribution is -2.59. The van der Waals surface area contributed by atoms with Gasteiger partial charge in [0, 0.05) is 32.5 Å². The van der Waals surface area contributed by atoms with Crippen molar-refractivity contribution in [3.05, 3.63) is 34.9 Å². The summed E-state index contributed by atoms with van der Waals surface area (Å²) < 4.78 is 0. The minimum absolute atomic E-state index is 0.0303. The van der Waals surface area contributed by atoms with Gasteiger partial charge in [-0.3, -0.25) is 14.9 Å². The van der Waals surface area contributed by atoms with Gasteiger partial charge in [0.2, 0.25) is 5.91 Å². The Labute approximate surface area is 160 Å². The topological polar surface area (TPSA) is 52.7 Å². The first kappa shape index (κ1) is 19.2. The molecule has 5 nitrogen and oxygen atoms in total. The van der Waals surface area contributed by atoms with Crippen LogP contribution in [-0.4, -0.2) is 53.0 Å². The monoisotopic (exact) mass is 377 g/mol. The minimum atomic E-state index is -0.320. The van der Waals surface area contributed by atoms with Crippen molar-refractivity contribution in [2.75, 3.05) is 19.6 Å². The number of hydrogen-bond donors (Lipinski definition) is 1. The number of rotatable bonds is 4. The molecule has 6 heteroatoms. The molecule has 2 fully saturated rings. The van der Waals surface area contributed by atoms with Crippen LogP contribution in [0.5, 0.6) is 0 Å². The van der Waals surface area contributed by atoms with E-state index in [1.807, 2.05) is 21.9 Å². The van der Waals surface area contributed by atoms with E-state index in [0.717, 1.165) is 25.8 Å². The van der Waals surface area contributed by atoms with Crippen molar-refractivity contribution in [1.29, 1.82) is 0 Å². The van der Waals surface area contributed by atoms with Gasteiger partial charge in [-0.2, -0.15) is 0 Å². The van der Waals surface area contributed by atoms with Crippen LogP contribution in [0.2, 0.25) is 5.02 Å². The smallest absolute Gasteiger partial charge is 0.255 e. The second-order valence-electron chi connectivity index (χ2n) is 7.66. The number of nitrogens with one attached hydrogen (secondary N) is 1. The number of halogens is 1. The summed E-state index contributed by atoms with van der Waals surface area (Å²) in [6, 6.07) is 7.04. The molecule has 142 valence electrons. The molecule has 0 bridgehead atoms. The van der Waals surface area contributed by atoms with Crippen LogP contribution in [0, 0.1) is 5.92 Å². The molecule has 0 radical (unpaired) electrons. The second-order valence-corrected chi connectivity index (χ2v) is 8.07. The number of hydrogen-bond acceptors (Lipinski definition) is 3. The normalized spacial score (nSPS) is 22.5. The Bertz CT molecular complexity index is 683. The molecule has 2 aliphatic rings. The fraction of sp³-hybridized carbons (Fsp3) is 0.600. The Hall–Kier alpha value is -1.59. The number of carbonyl (C=O) groups excluding carboxylic acids is 2. The molecule has 1 aromatic rings. The van der Waals surface area contributed by atoms with E-state index in [0.29, 0.717) is 23.7 Å². The minimum Gasteiger partial charge on any atom is -0.338 e. The van der Waals surface area contributed by atoms with Gasteiger partial charge >= 0.3 is 0 Å². The van der Waals surface area contributed by atoms with Crippen LogP contribution in [0.4, 0.5) is 0 Å². The van der Waals surface area contributed by atoms with Crippen molar-refractivity contribution < 1.29 is 9.59 Å². The molecule has 3 rings (SSSR count). The lowest BCUT2D eigenvalue weighted by Gasteiger charge is -2.44.